The molecule has 1 aliphatic heterocycles. The van der Waals surface area contributed by atoms with Crippen molar-refractivity contribution in [1.82, 2.24) is 4.90 Å². The zero-order valence-corrected chi connectivity index (χ0v) is 17.6. The van der Waals surface area contributed by atoms with Crippen LogP contribution in [0.25, 0.3) is 11.1 Å². The van der Waals surface area contributed by atoms with Gasteiger partial charge in [0, 0.05) is 40.2 Å². The third kappa shape index (κ3) is 4.60. The zero-order valence-electron chi connectivity index (χ0n) is 16.0. The van der Waals surface area contributed by atoms with Crippen LogP contribution in [0.3, 0.4) is 0 Å². The van der Waals surface area contributed by atoms with Crippen LogP contribution < -0.4 is 4.72 Å². The lowest BCUT2D eigenvalue weighted by molar-refractivity contribution is 0.0792. The smallest absolute Gasteiger partial charge is 0.253 e. The number of anilines is 1. The third-order valence-electron chi connectivity index (χ3n) is 4.93. The van der Waals surface area contributed by atoms with Gasteiger partial charge in [0.2, 0.25) is 0 Å². The van der Waals surface area contributed by atoms with E-state index in [0.29, 0.717) is 26.6 Å². The van der Waals surface area contributed by atoms with E-state index in [1.165, 1.54) is 6.07 Å². The van der Waals surface area contributed by atoms with Gasteiger partial charge >= 0.3 is 0 Å². The Morgan fingerprint density at radius 1 is 0.967 bits per heavy atom. The highest BCUT2D eigenvalue weighted by atomic mass is 35.5. The molecule has 0 radical (unpaired) electrons. The highest BCUT2D eigenvalue weighted by molar-refractivity contribution is 8.00. The van der Waals surface area contributed by atoms with E-state index >= 15 is 0 Å². The van der Waals surface area contributed by atoms with Crippen molar-refractivity contribution in [2.45, 2.75) is 17.7 Å². The molecule has 1 heterocycles. The number of rotatable bonds is 5. The predicted molar refractivity (Wildman–Crippen MR) is 118 cm³/mol. The van der Waals surface area contributed by atoms with E-state index in [1.54, 1.807) is 47.4 Å². The Balaban J connectivity index is 1.55. The molecule has 1 N–H and O–H groups in total. The first kappa shape index (κ1) is 20.7. The van der Waals surface area contributed by atoms with E-state index in [0.717, 1.165) is 43.9 Å². The normalized spacial score (nSPS) is 13.5. The molecule has 3 aromatic carbocycles. The number of benzene rings is 3. The lowest BCUT2D eigenvalue weighted by atomic mass is 10.0. The average molecular weight is 445 g/mol. The van der Waals surface area contributed by atoms with Crippen LogP contribution in [0.4, 0.5) is 14.5 Å². The molecule has 30 heavy (non-hydrogen) atoms. The fourth-order valence-corrected chi connectivity index (χ4v) is 4.48. The lowest BCUT2D eigenvalue weighted by Gasteiger charge is -2.16. The summed E-state index contributed by atoms with van der Waals surface area (Å²) in [6, 6.07) is 16.3. The molecule has 0 spiro atoms. The lowest BCUT2D eigenvalue weighted by Crippen LogP contribution is -2.27. The highest BCUT2D eigenvalue weighted by Crippen LogP contribution is 2.32. The molecule has 0 unspecified atom stereocenters. The fourth-order valence-electron chi connectivity index (χ4n) is 3.43. The van der Waals surface area contributed by atoms with Crippen molar-refractivity contribution < 1.29 is 13.6 Å². The van der Waals surface area contributed by atoms with Crippen LogP contribution in [0.2, 0.25) is 5.02 Å². The Hall–Kier alpha value is -2.57. The van der Waals surface area contributed by atoms with E-state index in [4.69, 9.17) is 11.6 Å². The number of carbonyl (C=O) groups excluding carboxylic acids is 1. The number of nitrogens with one attached hydrogen (secondary N) is 1. The number of amides is 1. The third-order valence-corrected chi connectivity index (χ3v) is 5.94. The van der Waals surface area contributed by atoms with Gasteiger partial charge in [-0.05, 0) is 54.6 Å². The standard InChI is InChI=1S/C23H19ClF2N2OS/c24-17-10-16(23(29)28-8-4-5-9-28)11-18(12-17)30-27-22-13-19(20(25)14-21(22)26)15-6-2-1-3-7-15/h1-3,6-7,10-14,27H,4-5,8-9H2. The summed E-state index contributed by atoms with van der Waals surface area (Å²) in [5.41, 5.74) is 1.60. The summed E-state index contributed by atoms with van der Waals surface area (Å²) >= 11 is 7.32. The molecule has 1 aliphatic rings. The van der Waals surface area contributed by atoms with Gasteiger partial charge in [0.15, 0.2) is 0 Å². The van der Waals surface area contributed by atoms with Gasteiger partial charge in [-0.25, -0.2) is 8.78 Å². The molecular formula is C23H19ClF2N2OS. The van der Waals surface area contributed by atoms with Crippen LogP contribution in [-0.4, -0.2) is 23.9 Å². The molecule has 1 saturated heterocycles. The highest BCUT2D eigenvalue weighted by Gasteiger charge is 2.20. The van der Waals surface area contributed by atoms with Gasteiger partial charge in [-0.2, -0.15) is 0 Å². The van der Waals surface area contributed by atoms with E-state index in [2.05, 4.69) is 4.72 Å². The Kier molecular flexibility index (Phi) is 6.25. The summed E-state index contributed by atoms with van der Waals surface area (Å²) in [5.74, 6) is -1.39. The molecule has 4 rings (SSSR count). The number of halogens is 3. The van der Waals surface area contributed by atoms with E-state index < -0.39 is 11.6 Å². The number of likely N-dealkylation sites (tertiary alicyclic amines) is 1. The van der Waals surface area contributed by atoms with Crippen molar-refractivity contribution in [3.05, 3.63) is 82.9 Å². The van der Waals surface area contributed by atoms with Crippen molar-refractivity contribution in [2.75, 3.05) is 17.8 Å². The number of carbonyl (C=O) groups is 1. The van der Waals surface area contributed by atoms with Crippen molar-refractivity contribution in [1.29, 1.82) is 0 Å². The van der Waals surface area contributed by atoms with Crippen molar-refractivity contribution in [2.24, 2.45) is 0 Å². The molecule has 1 fully saturated rings. The molecular weight excluding hydrogens is 426 g/mol. The minimum absolute atomic E-state index is 0.0591. The van der Waals surface area contributed by atoms with Crippen molar-refractivity contribution in [3.8, 4) is 11.1 Å². The maximum Gasteiger partial charge on any atom is 0.253 e. The predicted octanol–water partition coefficient (Wildman–Crippen LogP) is 6.64. The van der Waals surface area contributed by atoms with Crippen LogP contribution in [0.15, 0.2) is 65.6 Å². The van der Waals surface area contributed by atoms with Gasteiger partial charge in [-0.15, -0.1) is 0 Å². The van der Waals surface area contributed by atoms with Crippen LogP contribution in [0.1, 0.15) is 23.2 Å². The Bertz CT molecular complexity index is 1070. The SMILES string of the molecule is O=C(c1cc(Cl)cc(SNc2cc(-c3ccccc3)c(F)cc2F)c1)N1CCCC1. The summed E-state index contributed by atoms with van der Waals surface area (Å²) in [4.78, 5) is 15.1. The van der Waals surface area contributed by atoms with E-state index in [-0.39, 0.29) is 11.6 Å². The average Bonchev–Trinajstić information content (AvgIpc) is 3.28. The Morgan fingerprint density at radius 3 is 2.43 bits per heavy atom. The Labute approximate surface area is 183 Å². The van der Waals surface area contributed by atoms with Crippen LogP contribution >= 0.6 is 23.5 Å². The molecule has 0 aliphatic carbocycles. The fraction of sp³-hybridized carbons (Fsp3) is 0.174. The molecule has 0 aromatic heterocycles. The van der Waals surface area contributed by atoms with Crippen molar-refractivity contribution in [3.63, 3.8) is 0 Å². The summed E-state index contributed by atoms with van der Waals surface area (Å²) in [5, 5.41) is 0.425. The summed E-state index contributed by atoms with van der Waals surface area (Å²) in [6.07, 6.45) is 2.01. The van der Waals surface area contributed by atoms with Gasteiger partial charge < -0.3 is 9.62 Å². The van der Waals surface area contributed by atoms with Gasteiger partial charge in [-0.1, -0.05) is 41.9 Å². The largest absolute Gasteiger partial charge is 0.339 e. The second-order valence-corrected chi connectivity index (χ2v) is 8.37. The first-order valence-electron chi connectivity index (χ1n) is 9.58. The van der Waals surface area contributed by atoms with Gasteiger partial charge in [-0.3, -0.25) is 4.79 Å². The van der Waals surface area contributed by atoms with Crippen molar-refractivity contribution >= 4 is 35.1 Å². The molecule has 0 bridgehead atoms. The van der Waals surface area contributed by atoms with Gasteiger partial charge in [0.1, 0.15) is 11.6 Å². The van der Waals surface area contributed by atoms with Crippen LogP contribution in [-0.2, 0) is 0 Å². The molecule has 3 aromatic rings. The van der Waals surface area contributed by atoms with Crippen LogP contribution in [0, 0.1) is 11.6 Å². The molecule has 1 amide bonds. The minimum Gasteiger partial charge on any atom is -0.339 e. The first-order valence-corrected chi connectivity index (χ1v) is 10.8. The van der Waals surface area contributed by atoms with Gasteiger partial charge in [0.25, 0.3) is 5.91 Å². The quantitative estimate of drug-likeness (QED) is 0.447. The maximum atomic E-state index is 14.3. The monoisotopic (exact) mass is 444 g/mol. The minimum atomic E-state index is -0.699. The maximum absolute atomic E-state index is 14.3. The Morgan fingerprint density at radius 2 is 1.70 bits per heavy atom. The molecule has 0 atom stereocenters. The number of hydrogen-bond donors (Lipinski definition) is 1. The van der Waals surface area contributed by atoms with E-state index in [9.17, 15) is 13.6 Å². The van der Waals surface area contributed by atoms with Gasteiger partial charge in [0.05, 0.1) is 5.69 Å². The molecule has 154 valence electrons. The number of nitrogens with zero attached hydrogens (tertiary/aromatic N) is 1. The van der Waals surface area contributed by atoms with E-state index in [1.807, 2.05) is 6.07 Å². The first-order chi connectivity index (χ1) is 14.5. The van der Waals surface area contributed by atoms with Crippen LogP contribution in [0.5, 0.6) is 0 Å². The summed E-state index contributed by atoms with van der Waals surface area (Å²) in [7, 11) is 0. The second kappa shape index (κ2) is 9.06. The molecule has 0 saturated carbocycles. The molecule has 3 nitrogen and oxygen atoms in total. The summed E-state index contributed by atoms with van der Waals surface area (Å²) in [6.45, 7) is 1.49. The summed E-state index contributed by atoms with van der Waals surface area (Å²) < 4.78 is 31.5. The zero-order chi connectivity index (χ0) is 21.1. The topological polar surface area (TPSA) is 32.3 Å². The molecule has 7 heteroatoms. The number of hydrogen-bond acceptors (Lipinski definition) is 3. The second-order valence-electron chi connectivity index (χ2n) is 7.06.